The molecule has 3 fully saturated rings. The van der Waals surface area contributed by atoms with E-state index in [0.29, 0.717) is 31.6 Å². The first kappa shape index (κ1) is 101. The lowest BCUT2D eigenvalue weighted by molar-refractivity contribution is -0.272. The van der Waals surface area contributed by atoms with E-state index in [9.17, 15) is 84.3 Å². The first-order valence-corrected chi connectivity index (χ1v) is 39.2. The van der Waals surface area contributed by atoms with Gasteiger partial charge in [-0.25, -0.2) is 0 Å². The molecule has 3 rings (SSSR count). The molecule has 17 N–H and O–H groups in total. The van der Waals surface area contributed by atoms with Crippen LogP contribution in [-0.2, 0) is 99.9 Å². The number of aliphatic hydroxyl groups excluding tert-OH is 9. The number of nitrogens with one attached hydrogen (secondary N) is 8. The third kappa shape index (κ3) is 40.6. The third-order valence-corrected chi connectivity index (χ3v) is 19.1. The van der Waals surface area contributed by atoms with Gasteiger partial charge in [-0.3, -0.25) is 38.4 Å². The summed E-state index contributed by atoms with van der Waals surface area (Å²) in [6.45, 7) is 19.5. The SMILES string of the molecule is CCC(CCOCC(C)(C)CC(C)(C)CNC(=O)CCCC(=O)NC(CCC(=O)NCCOCCOCCOC1OC(CO)C(O)C(O)C1NC(C)=O)(CCC(=O)NCCOCCOCCOC1OC(CO)C(O)C(O)C1NC(C)=O)CCC(=O)NCCOCCOCCOC1OC(CO)C(O)C(O)C1NC(C)=O)C(C)C. The van der Waals surface area contributed by atoms with Gasteiger partial charge in [0.15, 0.2) is 18.9 Å². The number of rotatable bonds is 61. The minimum absolute atomic E-state index is 0.0184. The molecule has 3 aliphatic heterocycles. The van der Waals surface area contributed by atoms with Gasteiger partial charge in [-0.15, -0.1) is 0 Å². The molecule has 0 aromatic carbocycles. The predicted molar refractivity (Wildman–Crippen MR) is 400 cm³/mol. The monoisotopic (exact) mass is 1620 g/mol. The molecule has 0 aromatic heterocycles. The zero-order valence-corrected chi connectivity index (χ0v) is 67.4. The van der Waals surface area contributed by atoms with Crippen LogP contribution in [0.15, 0.2) is 0 Å². The Morgan fingerprint density at radius 1 is 0.402 bits per heavy atom. The van der Waals surface area contributed by atoms with E-state index < -0.39 is 159 Å². The quantitative estimate of drug-likeness (QED) is 0.0261. The number of carbonyl (C=O) groups is 8. The van der Waals surface area contributed by atoms with Crippen LogP contribution in [0.3, 0.4) is 0 Å². The molecule has 112 heavy (non-hydrogen) atoms. The van der Waals surface area contributed by atoms with Crippen molar-refractivity contribution < 1.29 is 146 Å². The van der Waals surface area contributed by atoms with E-state index in [2.05, 4.69) is 91.0 Å². The zero-order valence-electron chi connectivity index (χ0n) is 67.4. The largest absolute Gasteiger partial charge is 0.394 e. The zero-order chi connectivity index (χ0) is 83.2. The summed E-state index contributed by atoms with van der Waals surface area (Å²) in [5.41, 5.74) is -1.81. The summed E-state index contributed by atoms with van der Waals surface area (Å²) < 4.78 is 73.6. The molecule has 3 heterocycles. The van der Waals surface area contributed by atoms with Crippen molar-refractivity contribution in [2.75, 3.05) is 158 Å². The Balaban J connectivity index is 1.67. The van der Waals surface area contributed by atoms with Gasteiger partial charge in [-0.05, 0) is 61.2 Å². The van der Waals surface area contributed by atoms with Crippen molar-refractivity contribution in [2.45, 2.75) is 244 Å². The highest BCUT2D eigenvalue weighted by atomic mass is 16.7. The van der Waals surface area contributed by atoms with Crippen molar-refractivity contribution >= 4 is 47.3 Å². The van der Waals surface area contributed by atoms with Gasteiger partial charge >= 0.3 is 0 Å². The molecule has 3 saturated heterocycles. The Bertz CT molecular complexity index is 2470. The topological polar surface area (TPSA) is 535 Å². The molecule has 0 saturated carbocycles. The highest BCUT2D eigenvalue weighted by Crippen LogP contribution is 2.35. The van der Waals surface area contributed by atoms with Crippen molar-refractivity contribution in [3.63, 3.8) is 0 Å². The lowest BCUT2D eigenvalue weighted by Crippen LogP contribution is -2.64. The molecule has 38 nitrogen and oxygen atoms in total. The Kier molecular flexibility index (Phi) is 50.1. The fourth-order valence-corrected chi connectivity index (χ4v) is 13.3. The lowest BCUT2D eigenvalue weighted by Gasteiger charge is -2.42. The Morgan fingerprint density at radius 2 is 0.723 bits per heavy atom. The molecule has 3 aliphatic rings. The van der Waals surface area contributed by atoms with Gasteiger partial charge in [0.1, 0.15) is 73.1 Å². The number of ether oxygens (including phenoxy) is 13. The van der Waals surface area contributed by atoms with Gasteiger partial charge in [0.05, 0.1) is 126 Å². The van der Waals surface area contributed by atoms with E-state index in [1.807, 2.05) is 0 Å². The average molecular weight is 1620 g/mol. The van der Waals surface area contributed by atoms with Crippen LogP contribution in [-0.4, -0.2) is 349 Å². The van der Waals surface area contributed by atoms with E-state index in [1.165, 1.54) is 20.8 Å². The smallest absolute Gasteiger partial charge is 0.220 e. The first-order valence-electron chi connectivity index (χ1n) is 39.2. The summed E-state index contributed by atoms with van der Waals surface area (Å²) >= 11 is 0. The Hall–Kier alpha value is -5.12. The standard InChI is InChI=1S/C74H136N8O30/c1-11-51(47(2)3)18-25-106-46-73(9,10)44-72(7,8)45-78-55(89)13-12-14-59(93)82-74(19-15-56(90)75-22-26-100-29-32-103-35-38-107-69-60(79-48(4)86)66(97)63(94)52(41-83)110-69,20-16-57(91)76-23-27-101-30-33-104-36-39-108-70-61(80-49(5)87)67(98)64(95)53(42-84)111-70)21-17-58(92)77-24-28-102-31-34-105-37-40-109-71-62(81-50(6)88)68(99)65(96)54(43-85)112-71/h47,51-54,60-71,83-85,94-99H,11-46H2,1-10H3,(H,75,90)(H,76,91)(H,77,92)(H,78,89)(H,79,86)(H,80,87)(H,81,88)(H,82,93). The maximum atomic E-state index is 14.2. The highest BCUT2D eigenvalue weighted by Gasteiger charge is 2.48. The molecule has 0 radical (unpaired) electrons. The van der Waals surface area contributed by atoms with E-state index in [1.54, 1.807) is 0 Å². The molecule has 0 bridgehead atoms. The molecule has 16 unspecified atom stereocenters. The van der Waals surface area contributed by atoms with Crippen LogP contribution in [0, 0.1) is 22.7 Å². The number of carbonyl (C=O) groups excluding carboxylic acids is 8. The summed E-state index contributed by atoms with van der Waals surface area (Å²) in [4.78, 5) is 104. The summed E-state index contributed by atoms with van der Waals surface area (Å²) in [6.07, 6.45) is -13.7. The van der Waals surface area contributed by atoms with Crippen LogP contribution in [0.2, 0.25) is 0 Å². The van der Waals surface area contributed by atoms with Gasteiger partial charge in [0, 0.05) is 91.2 Å². The van der Waals surface area contributed by atoms with Gasteiger partial charge in [0.2, 0.25) is 47.3 Å². The van der Waals surface area contributed by atoms with E-state index in [-0.39, 0.29) is 193 Å². The summed E-state index contributed by atoms with van der Waals surface area (Å²) in [5, 5.41) is 113. The van der Waals surface area contributed by atoms with Gasteiger partial charge in [0.25, 0.3) is 0 Å². The summed E-state index contributed by atoms with van der Waals surface area (Å²) in [7, 11) is 0. The maximum Gasteiger partial charge on any atom is 0.220 e. The van der Waals surface area contributed by atoms with Crippen molar-refractivity contribution in [1.82, 2.24) is 42.5 Å². The minimum atomic E-state index is -1.48. The molecular weight excluding hydrogens is 1480 g/mol. The lowest BCUT2D eigenvalue weighted by atomic mass is 9.75. The molecule has 652 valence electrons. The second-order valence-electron chi connectivity index (χ2n) is 30.4. The van der Waals surface area contributed by atoms with Crippen LogP contribution in [0.1, 0.15) is 146 Å². The number of amides is 8. The highest BCUT2D eigenvalue weighted by molar-refractivity contribution is 5.81. The third-order valence-electron chi connectivity index (χ3n) is 19.1. The number of hydrogen-bond acceptors (Lipinski definition) is 30. The Morgan fingerprint density at radius 3 is 1.04 bits per heavy atom. The van der Waals surface area contributed by atoms with Gasteiger partial charge in [-0.2, -0.15) is 0 Å². The fraction of sp³-hybridized carbons (Fsp3) is 0.892. The van der Waals surface area contributed by atoms with Crippen molar-refractivity contribution in [1.29, 1.82) is 0 Å². The van der Waals surface area contributed by atoms with Gasteiger partial charge in [-0.1, -0.05) is 54.9 Å². The van der Waals surface area contributed by atoms with Crippen LogP contribution in [0.5, 0.6) is 0 Å². The van der Waals surface area contributed by atoms with Crippen LogP contribution in [0.25, 0.3) is 0 Å². The first-order chi connectivity index (χ1) is 53.2. The number of aliphatic hydroxyl groups is 9. The minimum Gasteiger partial charge on any atom is -0.394 e. The Labute approximate surface area is 658 Å². The average Bonchev–Trinajstić information content (AvgIpc) is 0.808. The van der Waals surface area contributed by atoms with Crippen molar-refractivity contribution in [3.05, 3.63) is 0 Å². The fourth-order valence-electron chi connectivity index (χ4n) is 13.3. The molecule has 16 atom stereocenters. The molecule has 38 heteroatoms. The van der Waals surface area contributed by atoms with Crippen LogP contribution >= 0.6 is 0 Å². The van der Waals surface area contributed by atoms with Crippen molar-refractivity contribution in [3.8, 4) is 0 Å². The number of hydrogen-bond donors (Lipinski definition) is 17. The van der Waals surface area contributed by atoms with Crippen LogP contribution < -0.4 is 42.5 Å². The molecule has 0 spiro atoms. The summed E-state index contributed by atoms with van der Waals surface area (Å²) in [5.74, 6) is -2.39. The van der Waals surface area contributed by atoms with E-state index >= 15 is 0 Å². The van der Waals surface area contributed by atoms with Crippen molar-refractivity contribution in [2.24, 2.45) is 22.7 Å². The molecule has 8 amide bonds. The summed E-state index contributed by atoms with van der Waals surface area (Å²) in [6, 6.07) is -3.37. The normalized spacial score (nSPS) is 25.0. The predicted octanol–water partition coefficient (Wildman–Crippen LogP) is -3.67. The van der Waals surface area contributed by atoms with E-state index in [0.717, 1.165) is 19.3 Å². The molecule has 0 aromatic rings. The maximum absolute atomic E-state index is 14.2. The molecular formula is C74H136N8O30. The second-order valence-corrected chi connectivity index (χ2v) is 30.4. The van der Waals surface area contributed by atoms with E-state index in [4.69, 9.17) is 61.6 Å². The molecule has 0 aliphatic carbocycles. The van der Waals surface area contributed by atoms with Crippen LogP contribution in [0.4, 0.5) is 0 Å². The second kappa shape index (κ2) is 55.5. The van der Waals surface area contributed by atoms with Gasteiger partial charge < -0.3 is 150 Å².